The molecule has 1 saturated heterocycles. The molecule has 1 aromatic heterocycles. The summed E-state index contributed by atoms with van der Waals surface area (Å²) in [4.78, 5) is 36.4. The third kappa shape index (κ3) is 6.17. The highest BCUT2D eigenvalue weighted by atomic mass is 32.2. The number of hydrogen-bond donors (Lipinski definition) is 1. The van der Waals surface area contributed by atoms with E-state index in [4.69, 9.17) is 0 Å². The van der Waals surface area contributed by atoms with E-state index in [2.05, 4.69) is 37.3 Å². The first kappa shape index (κ1) is 29.1. The van der Waals surface area contributed by atoms with Crippen molar-refractivity contribution in [2.75, 3.05) is 10.7 Å². The van der Waals surface area contributed by atoms with Crippen molar-refractivity contribution >= 4 is 34.6 Å². The zero-order chi connectivity index (χ0) is 31.3. The Morgan fingerprint density at radius 3 is 2.47 bits per heavy atom. The van der Waals surface area contributed by atoms with Crippen LogP contribution in [0, 0.1) is 6.92 Å². The van der Waals surface area contributed by atoms with Gasteiger partial charge in [0.1, 0.15) is 12.1 Å². The predicted octanol–water partition coefficient (Wildman–Crippen LogP) is 6.85. The zero-order valence-electron chi connectivity index (χ0n) is 24.0. The average molecular weight is 633 g/mol. The van der Waals surface area contributed by atoms with Crippen LogP contribution in [0.15, 0.2) is 78.0 Å². The number of nitrogens with one attached hydrogen (secondary N) is 1. The van der Waals surface area contributed by atoms with Gasteiger partial charge in [-0.1, -0.05) is 48.2 Å². The van der Waals surface area contributed by atoms with Crippen molar-refractivity contribution in [2.45, 2.75) is 50.4 Å². The fourth-order valence-corrected chi connectivity index (χ4v) is 6.32. The van der Waals surface area contributed by atoms with Crippen LogP contribution in [0.1, 0.15) is 48.3 Å². The number of rotatable bonds is 7. The first-order valence-electron chi connectivity index (χ1n) is 14.4. The standard InChI is InChI=1S/C32H27F3N6O3S/c1-19-2-13-25(20-3-4-20)26(16-19)41-27(42)17-45-30(41)37-29(43)38-31(14-15-31)22-7-5-21(6-8-22)28-36-18-40(39-28)23-9-11-24(12-10-23)44-32(33,34)35/h2,5-13,16,18,20H,3-4,14-15,17H2,1H3,(H,38,43). The lowest BCUT2D eigenvalue weighted by Gasteiger charge is -2.21. The molecule has 9 nitrogen and oxygen atoms in total. The highest BCUT2D eigenvalue weighted by molar-refractivity contribution is 8.15. The lowest BCUT2D eigenvalue weighted by molar-refractivity contribution is -0.274. The van der Waals surface area contributed by atoms with E-state index in [-0.39, 0.29) is 17.4 Å². The Bertz CT molecular complexity index is 1810. The van der Waals surface area contributed by atoms with Gasteiger partial charge in [0.15, 0.2) is 11.0 Å². The molecule has 3 aliphatic rings. The molecule has 3 fully saturated rings. The number of anilines is 1. The van der Waals surface area contributed by atoms with E-state index in [9.17, 15) is 22.8 Å². The molecule has 2 aliphatic carbocycles. The lowest BCUT2D eigenvalue weighted by Crippen LogP contribution is -2.35. The number of carbonyl (C=O) groups is 2. The number of benzene rings is 3. The molecule has 1 aliphatic heterocycles. The van der Waals surface area contributed by atoms with Crippen molar-refractivity contribution in [2.24, 2.45) is 4.99 Å². The van der Waals surface area contributed by atoms with Crippen LogP contribution in [0.5, 0.6) is 5.75 Å². The summed E-state index contributed by atoms with van der Waals surface area (Å²) in [5.41, 5.74) is 4.61. The molecule has 1 N–H and O–H groups in total. The maximum absolute atomic E-state index is 13.2. The zero-order valence-corrected chi connectivity index (χ0v) is 24.9. The van der Waals surface area contributed by atoms with Crippen LogP contribution in [-0.4, -0.2) is 44.0 Å². The van der Waals surface area contributed by atoms with E-state index in [1.165, 1.54) is 47.0 Å². The number of amides is 3. The lowest BCUT2D eigenvalue weighted by atomic mass is 10.0. The maximum atomic E-state index is 13.2. The van der Waals surface area contributed by atoms with E-state index >= 15 is 0 Å². The van der Waals surface area contributed by atoms with E-state index in [1.807, 2.05) is 37.3 Å². The van der Waals surface area contributed by atoms with E-state index < -0.39 is 17.9 Å². The normalized spacial score (nSPS) is 18.4. The number of ether oxygens (including phenoxy) is 1. The highest BCUT2D eigenvalue weighted by Crippen LogP contribution is 2.47. The second kappa shape index (κ2) is 11.1. The average Bonchev–Trinajstić information content (AvgIpc) is 3.91. The number of aryl methyl sites for hydroxylation is 1. The number of hydrogen-bond acceptors (Lipinski definition) is 6. The first-order chi connectivity index (χ1) is 21.6. The van der Waals surface area contributed by atoms with Crippen LogP contribution in [0.25, 0.3) is 17.1 Å². The van der Waals surface area contributed by atoms with Gasteiger partial charge in [-0.05, 0) is 85.5 Å². The summed E-state index contributed by atoms with van der Waals surface area (Å²) in [6.07, 6.45) is 0.406. The van der Waals surface area contributed by atoms with Crippen LogP contribution in [0.2, 0.25) is 0 Å². The van der Waals surface area contributed by atoms with Gasteiger partial charge < -0.3 is 10.1 Å². The molecular weight excluding hydrogens is 605 g/mol. The van der Waals surface area contributed by atoms with Gasteiger partial charge >= 0.3 is 12.4 Å². The summed E-state index contributed by atoms with van der Waals surface area (Å²) in [5.74, 6) is 0.695. The summed E-state index contributed by atoms with van der Waals surface area (Å²) in [5, 5.41) is 7.91. The number of halogens is 3. The molecule has 230 valence electrons. The molecule has 45 heavy (non-hydrogen) atoms. The second-order valence-corrected chi connectivity index (χ2v) is 12.3. The van der Waals surface area contributed by atoms with Gasteiger partial charge in [-0.25, -0.2) is 14.5 Å². The van der Waals surface area contributed by atoms with Crippen molar-refractivity contribution in [3.05, 3.63) is 89.7 Å². The molecule has 7 rings (SSSR count). The summed E-state index contributed by atoms with van der Waals surface area (Å²) >= 11 is 1.27. The SMILES string of the molecule is Cc1ccc(C2CC2)c(N2C(=O)CSC2=NC(=O)NC2(c3ccc(-c4ncn(-c5ccc(OC(F)(F)F)cc5)n4)cc3)CC2)c1. The van der Waals surface area contributed by atoms with Crippen molar-refractivity contribution in [3.63, 3.8) is 0 Å². The molecule has 13 heteroatoms. The maximum Gasteiger partial charge on any atom is 0.573 e. The third-order valence-corrected chi connectivity index (χ3v) is 8.95. The molecular formula is C32H27F3N6O3S. The van der Waals surface area contributed by atoms with Crippen LogP contribution < -0.4 is 15.0 Å². The van der Waals surface area contributed by atoms with Crippen LogP contribution >= 0.6 is 11.8 Å². The molecule has 0 bridgehead atoms. The molecule has 2 heterocycles. The summed E-state index contributed by atoms with van der Waals surface area (Å²) in [6, 6.07) is 18.5. The molecule has 0 unspecified atom stereocenters. The summed E-state index contributed by atoms with van der Waals surface area (Å²) < 4.78 is 42.7. The molecule has 0 spiro atoms. The Kier molecular flexibility index (Phi) is 7.15. The molecule has 0 atom stereocenters. The second-order valence-electron chi connectivity index (χ2n) is 11.4. The summed E-state index contributed by atoms with van der Waals surface area (Å²) in [7, 11) is 0. The van der Waals surface area contributed by atoms with E-state index in [0.717, 1.165) is 53.6 Å². The van der Waals surface area contributed by atoms with Crippen molar-refractivity contribution < 1.29 is 27.5 Å². The van der Waals surface area contributed by atoms with Gasteiger partial charge in [0.2, 0.25) is 5.91 Å². The Hall–Kier alpha value is -4.65. The van der Waals surface area contributed by atoms with Gasteiger partial charge in [-0.2, -0.15) is 4.99 Å². The highest BCUT2D eigenvalue weighted by Gasteiger charge is 2.46. The molecule has 3 amide bonds. The van der Waals surface area contributed by atoms with Gasteiger partial charge in [-0.3, -0.25) is 9.69 Å². The van der Waals surface area contributed by atoms with Crippen molar-refractivity contribution in [1.29, 1.82) is 0 Å². The number of aromatic nitrogens is 3. The van der Waals surface area contributed by atoms with Crippen molar-refractivity contribution in [3.8, 4) is 22.8 Å². The fourth-order valence-electron chi connectivity index (χ4n) is 5.46. The quantitative estimate of drug-likeness (QED) is 0.239. The number of alkyl halides is 3. The summed E-state index contributed by atoms with van der Waals surface area (Å²) in [6.45, 7) is 1.99. The number of carbonyl (C=O) groups excluding carboxylic acids is 2. The topological polar surface area (TPSA) is 102 Å². The van der Waals surface area contributed by atoms with Gasteiger partial charge in [-0.15, -0.1) is 18.3 Å². The number of urea groups is 1. The van der Waals surface area contributed by atoms with Crippen LogP contribution in [0.4, 0.5) is 23.7 Å². The number of aliphatic imine (C=N–C) groups is 1. The third-order valence-electron chi connectivity index (χ3n) is 8.03. The number of nitrogens with zero attached hydrogens (tertiary/aromatic N) is 5. The first-order valence-corrected chi connectivity index (χ1v) is 15.4. The van der Waals surface area contributed by atoms with Gasteiger partial charge in [0.05, 0.1) is 22.7 Å². The fraction of sp³-hybridized carbons (Fsp3) is 0.281. The number of thioether (sulfide) groups is 1. The Balaban J connectivity index is 1.04. The van der Waals surface area contributed by atoms with Crippen molar-refractivity contribution in [1.82, 2.24) is 20.1 Å². The molecule has 4 aromatic rings. The van der Waals surface area contributed by atoms with E-state index in [1.54, 1.807) is 4.90 Å². The Labute approximate surface area is 260 Å². The van der Waals surface area contributed by atoms with Gasteiger partial charge in [0.25, 0.3) is 0 Å². The predicted molar refractivity (Wildman–Crippen MR) is 163 cm³/mol. The monoisotopic (exact) mass is 632 g/mol. The Morgan fingerprint density at radius 2 is 1.80 bits per heavy atom. The number of amidine groups is 1. The molecule has 2 saturated carbocycles. The minimum atomic E-state index is -4.76. The minimum absolute atomic E-state index is 0.0840. The largest absolute Gasteiger partial charge is 0.573 e. The van der Waals surface area contributed by atoms with E-state index in [0.29, 0.717) is 22.6 Å². The minimum Gasteiger partial charge on any atom is -0.406 e. The van der Waals surface area contributed by atoms with Crippen LogP contribution in [0.3, 0.4) is 0 Å². The molecule has 0 radical (unpaired) electrons. The Morgan fingerprint density at radius 1 is 1.07 bits per heavy atom. The van der Waals surface area contributed by atoms with Crippen LogP contribution in [-0.2, 0) is 10.3 Å². The molecule has 3 aromatic carbocycles. The smallest absolute Gasteiger partial charge is 0.406 e. The van der Waals surface area contributed by atoms with Gasteiger partial charge in [0, 0.05) is 5.56 Å².